The van der Waals surface area contributed by atoms with Crippen molar-refractivity contribution >= 4 is 35.3 Å². The molecule has 0 amide bonds. The maximum atomic E-state index is 11.4. The molecule has 1 heterocycles. The van der Waals surface area contributed by atoms with Crippen molar-refractivity contribution < 1.29 is 14.5 Å². The molecule has 0 atom stereocenters. The zero-order valence-corrected chi connectivity index (χ0v) is 16.5. The van der Waals surface area contributed by atoms with Gasteiger partial charge in [-0.3, -0.25) is 14.9 Å². The van der Waals surface area contributed by atoms with Crippen LogP contribution >= 0.6 is 23.4 Å². The fourth-order valence-electron chi connectivity index (χ4n) is 2.64. The monoisotopic (exact) mass is 418 g/mol. The molecule has 0 radical (unpaired) electrons. The number of nitrogens with zero attached hydrogens (tertiary/aromatic N) is 4. The molecule has 0 aliphatic heterocycles. The molecule has 28 heavy (non-hydrogen) atoms. The summed E-state index contributed by atoms with van der Waals surface area (Å²) in [4.78, 5) is 22.3. The highest BCUT2D eigenvalue weighted by Crippen LogP contribution is 2.36. The van der Waals surface area contributed by atoms with Crippen LogP contribution in [0.4, 0.5) is 5.69 Å². The summed E-state index contributed by atoms with van der Waals surface area (Å²) in [6.45, 7) is 2.49. The van der Waals surface area contributed by atoms with Crippen molar-refractivity contribution in [2.75, 3.05) is 7.11 Å². The molecule has 0 unspecified atom stereocenters. The van der Waals surface area contributed by atoms with Crippen LogP contribution in [-0.4, -0.2) is 33.1 Å². The predicted octanol–water partition coefficient (Wildman–Crippen LogP) is 4.50. The van der Waals surface area contributed by atoms with Crippen molar-refractivity contribution in [2.45, 2.75) is 23.5 Å². The Labute approximate surface area is 169 Å². The van der Waals surface area contributed by atoms with Gasteiger partial charge in [-0.05, 0) is 43.0 Å². The fraction of sp³-hybridized carbons (Fsp3) is 0.167. The van der Waals surface area contributed by atoms with E-state index in [2.05, 4.69) is 10.2 Å². The highest BCUT2D eigenvalue weighted by Gasteiger charge is 2.19. The lowest BCUT2D eigenvalue weighted by molar-refractivity contribution is -0.384. The van der Waals surface area contributed by atoms with E-state index in [-0.39, 0.29) is 11.3 Å². The molecule has 3 aromatic rings. The van der Waals surface area contributed by atoms with Gasteiger partial charge in [0.2, 0.25) is 0 Å². The van der Waals surface area contributed by atoms with Crippen LogP contribution in [0, 0.1) is 10.1 Å². The Hall–Kier alpha value is -2.91. The number of hydrogen-bond acceptors (Lipinski definition) is 7. The van der Waals surface area contributed by atoms with Crippen LogP contribution in [0.15, 0.2) is 46.5 Å². The standard InChI is InChI=1S/C18H15ClN4O4S/c1-3-22-17(14-9-12(19)4-6-15(14)27-2)20-21-18(22)28-16-7-5-13(23(25)26)8-11(16)10-24/h4-10H,3H2,1-2H3. The number of nitro groups is 1. The second-order valence-corrected chi connectivity index (χ2v) is 7.04. The molecule has 0 aliphatic carbocycles. The quantitative estimate of drug-likeness (QED) is 0.316. The smallest absolute Gasteiger partial charge is 0.270 e. The number of nitro benzene ring substituents is 1. The van der Waals surface area contributed by atoms with Crippen molar-refractivity contribution in [1.82, 2.24) is 14.8 Å². The Morgan fingerprint density at radius 1 is 1.29 bits per heavy atom. The lowest BCUT2D eigenvalue weighted by Gasteiger charge is -2.11. The average Bonchev–Trinajstić information content (AvgIpc) is 3.10. The number of halogens is 1. The SMILES string of the molecule is CCn1c(Sc2ccc([N+](=O)[O-])cc2C=O)nnc1-c1cc(Cl)ccc1OC. The lowest BCUT2D eigenvalue weighted by Crippen LogP contribution is -2.01. The molecule has 0 saturated heterocycles. The van der Waals surface area contributed by atoms with Gasteiger partial charge in [-0.25, -0.2) is 0 Å². The molecule has 0 saturated carbocycles. The molecule has 0 aliphatic rings. The number of hydrogen-bond donors (Lipinski definition) is 0. The van der Waals surface area contributed by atoms with Crippen molar-refractivity contribution in [3.8, 4) is 17.1 Å². The molecule has 0 bridgehead atoms. The summed E-state index contributed by atoms with van der Waals surface area (Å²) < 4.78 is 7.25. The Balaban J connectivity index is 2.03. The van der Waals surface area contributed by atoms with Gasteiger partial charge in [0.05, 0.1) is 17.6 Å². The van der Waals surface area contributed by atoms with E-state index in [0.29, 0.717) is 45.0 Å². The van der Waals surface area contributed by atoms with Crippen LogP contribution in [0.2, 0.25) is 5.02 Å². The van der Waals surface area contributed by atoms with Gasteiger partial charge in [0.1, 0.15) is 5.75 Å². The van der Waals surface area contributed by atoms with Crippen LogP contribution < -0.4 is 4.74 Å². The van der Waals surface area contributed by atoms with Crippen LogP contribution in [-0.2, 0) is 6.54 Å². The van der Waals surface area contributed by atoms with Crippen molar-refractivity contribution in [3.05, 3.63) is 57.1 Å². The minimum absolute atomic E-state index is 0.146. The summed E-state index contributed by atoms with van der Waals surface area (Å²) in [5.74, 6) is 1.17. The molecular weight excluding hydrogens is 404 g/mol. The van der Waals surface area contributed by atoms with Crippen molar-refractivity contribution in [1.29, 1.82) is 0 Å². The van der Waals surface area contributed by atoms with E-state index in [1.807, 2.05) is 11.5 Å². The largest absolute Gasteiger partial charge is 0.496 e. The van der Waals surface area contributed by atoms with Gasteiger partial charge in [-0.1, -0.05) is 11.6 Å². The third-order valence-corrected chi connectivity index (χ3v) is 5.28. The summed E-state index contributed by atoms with van der Waals surface area (Å²) in [6, 6.07) is 9.33. The van der Waals surface area contributed by atoms with Crippen molar-refractivity contribution in [3.63, 3.8) is 0 Å². The van der Waals surface area contributed by atoms with Gasteiger partial charge in [0.15, 0.2) is 17.3 Å². The minimum atomic E-state index is -0.542. The molecule has 2 aromatic carbocycles. The predicted molar refractivity (Wildman–Crippen MR) is 105 cm³/mol. The molecule has 0 spiro atoms. The van der Waals surface area contributed by atoms with E-state index in [9.17, 15) is 14.9 Å². The third kappa shape index (κ3) is 3.85. The van der Waals surface area contributed by atoms with Gasteiger partial charge < -0.3 is 9.30 Å². The van der Waals surface area contributed by atoms with E-state index in [1.54, 1.807) is 25.3 Å². The molecule has 144 valence electrons. The number of carbonyl (C=O) groups is 1. The number of benzene rings is 2. The molecule has 0 N–H and O–H groups in total. The topological polar surface area (TPSA) is 100 Å². The Morgan fingerprint density at radius 3 is 2.71 bits per heavy atom. The fourth-order valence-corrected chi connectivity index (χ4v) is 3.77. The lowest BCUT2D eigenvalue weighted by atomic mass is 10.2. The number of aromatic nitrogens is 3. The van der Waals surface area contributed by atoms with Gasteiger partial charge in [0, 0.05) is 34.2 Å². The molecule has 0 fully saturated rings. The van der Waals surface area contributed by atoms with Gasteiger partial charge in [-0.15, -0.1) is 10.2 Å². The number of aldehydes is 1. The number of non-ortho nitro benzene ring substituents is 1. The van der Waals surface area contributed by atoms with E-state index in [4.69, 9.17) is 16.3 Å². The first-order valence-electron chi connectivity index (χ1n) is 8.17. The van der Waals surface area contributed by atoms with Gasteiger partial charge in [-0.2, -0.15) is 0 Å². The van der Waals surface area contributed by atoms with E-state index < -0.39 is 4.92 Å². The first-order valence-corrected chi connectivity index (χ1v) is 9.36. The molecule has 3 rings (SSSR count). The first-order chi connectivity index (χ1) is 13.5. The normalized spacial score (nSPS) is 10.7. The highest BCUT2D eigenvalue weighted by atomic mass is 35.5. The average molecular weight is 419 g/mol. The summed E-state index contributed by atoms with van der Waals surface area (Å²) in [7, 11) is 1.56. The number of methoxy groups -OCH3 is 1. The minimum Gasteiger partial charge on any atom is -0.496 e. The highest BCUT2D eigenvalue weighted by molar-refractivity contribution is 7.99. The molecular formula is C18H15ClN4O4S. The molecule has 8 nitrogen and oxygen atoms in total. The zero-order chi connectivity index (χ0) is 20.3. The van der Waals surface area contributed by atoms with Crippen LogP contribution in [0.3, 0.4) is 0 Å². The second kappa shape index (κ2) is 8.41. The van der Waals surface area contributed by atoms with Crippen molar-refractivity contribution in [2.24, 2.45) is 0 Å². The first kappa shape index (κ1) is 19.8. The Morgan fingerprint density at radius 2 is 2.07 bits per heavy atom. The second-order valence-electron chi connectivity index (χ2n) is 5.59. The summed E-state index contributed by atoms with van der Waals surface area (Å²) >= 11 is 7.33. The molecule has 1 aromatic heterocycles. The van der Waals surface area contributed by atoms with Crippen LogP contribution in [0.25, 0.3) is 11.4 Å². The maximum absolute atomic E-state index is 11.4. The Bertz CT molecular complexity index is 1050. The van der Waals surface area contributed by atoms with E-state index in [0.717, 1.165) is 0 Å². The number of carbonyl (C=O) groups excluding carboxylic acids is 1. The third-order valence-electron chi connectivity index (χ3n) is 3.97. The van der Waals surface area contributed by atoms with E-state index in [1.165, 1.54) is 30.0 Å². The number of ether oxygens (including phenoxy) is 1. The van der Waals surface area contributed by atoms with Crippen LogP contribution in [0.5, 0.6) is 5.75 Å². The van der Waals surface area contributed by atoms with E-state index >= 15 is 0 Å². The summed E-state index contributed by atoms with van der Waals surface area (Å²) in [6.07, 6.45) is 0.586. The maximum Gasteiger partial charge on any atom is 0.270 e. The molecule has 10 heteroatoms. The Kier molecular flexibility index (Phi) is 5.96. The summed E-state index contributed by atoms with van der Waals surface area (Å²) in [5.41, 5.74) is 0.759. The van der Waals surface area contributed by atoms with Crippen LogP contribution in [0.1, 0.15) is 17.3 Å². The zero-order valence-electron chi connectivity index (χ0n) is 15.0. The van der Waals surface area contributed by atoms with Gasteiger partial charge in [0.25, 0.3) is 5.69 Å². The summed E-state index contributed by atoms with van der Waals surface area (Å²) in [5, 5.41) is 20.5. The number of rotatable bonds is 7. The van der Waals surface area contributed by atoms with Gasteiger partial charge >= 0.3 is 0 Å².